The van der Waals surface area contributed by atoms with Crippen molar-refractivity contribution in [2.45, 2.75) is 32.2 Å². The van der Waals surface area contributed by atoms with Gasteiger partial charge in [-0.15, -0.1) is 24.0 Å². The van der Waals surface area contributed by atoms with E-state index in [1.54, 1.807) is 6.20 Å². The number of nitrogens with one attached hydrogen (secondary N) is 1. The van der Waals surface area contributed by atoms with Gasteiger partial charge in [-0.05, 0) is 31.4 Å². The van der Waals surface area contributed by atoms with Gasteiger partial charge in [0.15, 0.2) is 5.96 Å². The van der Waals surface area contributed by atoms with Crippen LogP contribution in [0.5, 0.6) is 0 Å². The Balaban J connectivity index is 0.00000161. The Labute approximate surface area is 140 Å². The van der Waals surface area contributed by atoms with Crippen LogP contribution in [0, 0.1) is 0 Å². The molecule has 0 saturated carbocycles. The van der Waals surface area contributed by atoms with Crippen molar-refractivity contribution >= 4 is 35.8 Å². The Morgan fingerprint density at radius 3 is 3.00 bits per heavy atom. The maximum absolute atomic E-state index is 5.84. The summed E-state index contributed by atoms with van der Waals surface area (Å²) in [6.45, 7) is 0.435. The molecule has 0 amide bonds. The van der Waals surface area contributed by atoms with Crippen LogP contribution < -0.4 is 11.1 Å². The van der Waals surface area contributed by atoms with Crippen molar-refractivity contribution in [1.29, 1.82) is 0 Å². The van der Waals surface area contributed by atoms with Gasteiger partial charge in [0, 0.05) is 18.2 Å². The van der Waals surface area contributed by atoms with E-state index >= 15 is 0 Å². The van der Waals surface area contributed by atoms with Gasteiger partial charge in [-0.25, -0.2) is 9.98 Å². The van der Waals surface area contributed by atoms with Crippen molar-refractivity contribution in [2.24, 2.45) is 10.7 Å². The topological polar surface area (TPSA) is 89.3 Å². The van der Waals surface area contributed by atoms with Gasteiger partial charge in [-0.3, -0.25) is 0 Å². The second kappa shape index (κ2) is 7.39. The van der Waals surface area contributed by atoms with Gasteiger partial charge in [0.25, 0.3) is 0 Å². The molecule has 2 aromatic rings. The molecule has 3 rings (SSSR count). The lowest BCUT2D eigenvalue weighted by Crippen LogP contribution is -2.23. The van der Waals surface area contributed by atoms with Gasteiger partial charge in [0.05, 0.1) is 6.54 Å². The molecule has 2 heterocycles. The summed E-state index contributed by atoms with van der Waals surface area (Å²) in [6, 6.07) is 5.57. The second-order valence-corrected chi connectivity index (χ2v) is 4.78. The Morgan fingerprint density at radius 1 is 1.33 bits per heavy atom. The molecule has 3 N–H and O–H groups in total. The molecule has 1 aliphatic carbocycles. The van der Waals surface area contributed by atoms with E-state index in [0.717, 1.165) is 24.3 Å². The van der Waals surface area contributed by atoms with Crippen molar-refractivity contribution in [3.8, 4) is 0 Å². The van der Waals surface area contributed by atoms with Crippen molar-refractivity contribution < 1.29 is 4.52 Å². The number of aliphatic imine (C=N–C) groups is 1. The molecule has 21 heavy (non-hydrogen) atoms. The first-order valence-corrected chi connectivity index (χ1v) is 6.77. The molecule has 2 aromatic heterocycles. The lowest BCUT2D eigenvalue weighted by Gasteiger charge is -2.08. The first-order valence-electron chi connectivity index (χ1n) is 6.77. The van der Waals surface area contributed by atoms with Gasteiger partial charge in [0.2, 0.25) is 0 Å². The average molecular weight is 399 g/mol. The summed E-state index contributed by atoms with van der Waals surface area (Å²) in [5, 5.41) is 7.04. The summed E-state index contributed by atoms with van der Waals surface area (Å²) in [5.74, 6) is 2.02. The van der Waals surface area contributed by atoms with Gasteiger partial charge in [-0.1, -0.05) is 11.2 Å². The molecule has 7 heteroatoms. The number of fused-ring (bicyclic) bond motifs is 1. The molecule has 0 atom stereocenters. The predicted molar refractivity (Wildman–Crippen MR) is 91.7 cm³/mol. The van der Waals surface area contributed by atoms with Crippen LogP contribution in [0.2, 0.25) is 0 Å². The minimum atomic E-state index is 0. The summed E-state index contributed by atoms with van der Waals surface area (Å²) in [4.78, 5) is 8.42. The number of hydrogen-bond donors (Lipinski definition) is 2. The number of aromatic nitrogens is 2. The first-order chi connectivity index (χ1) is 9.83. The third-order valence-corrected chi connectivity index (χ3v) is 3.35. The van der Waals surface area contributed by atoms with Crippen LogP contribution in [0.1, 0.15) is 29.9 Å². The minimum Gasteiger partial charge on any atom is -0.370 e. The molecule has 0 aliphatic heterocycles. The molecule has 0 unspecified atom stereocenters. The van der Waals surface area contributed by atoms with E-state index in [-0.39, 0.29) is 24.0 Å². The Morgan fingerprint density at radius 2 is 2.19 bits per heavy atom. The summed E-state index contributed by atoms with van der Waals surface area (Å²) in [5.41, 5.74) is 7.95. The number of anilines is 1. The monoisotopic (exact) mass is 399 g/mol. The van der Waals surface area contributed by atoms with Gasteiger partial charge in [-0.2, -0.15) is 0 Å². The molecule has 0 saturated heterocycles. The lowest BCUT2D eigenvalue weighted by molar-refractivity contribution is 0.368. The van der Waals surface area contributed by atoms with Crippen LogP contribution >= 0.6 is 24.0 Å². The number of aryl methyl sites for hydroxylation is 1. The fraction of sp³-hybridized carbons (Fsp3) is 0.357. The number of hydrogen-bond acceptors (Lipinski definition) is 4. The number of halogens is 1. The van der Waals surface area contributed by atoms with Gasteiger partial charge < -0.3 is 15.6 Å². The molecular formula is C14H18IN5O. The van der Waals surface area contributed by atoms with E-state index in [0.29, 0.717) is 18.3 Å². The minimum absolute atomic E-state index is 0. The smallest absolute Gasteiger partial charge is 0.194 e. The summed E-state index contributed by atoms with van der Waals surface area (Å²) in [7, 11) is 0. The maximum Gasteiger partial charge on any atom is 0.194 e. The highest BCUT2D eigenvalue weighted by molar-refractivity contribution is 14.0. The molecule has 0 aromatic carbocycles. The van der Waals surface area contributed by atoms with Crippen LogP contribution in [0.15, 0.2) is 33.9 Å². The van der Waals surface area contributed by atoms with Gasteiger partial charge >= 0.3 is 0 Å². The summed E-state index contributed by atoms with van der Waals surface area (Å²) < 4.78 is 5.34. The number of nitrogens with two attached hydrogens (primary N) is 1. The maximum atomic E-state index is 5.84. The average Bonchev–Trinajstić information content (AvgIpc) is 2.89. The normalized spacial score (nSPS) is 14.2. The van der Waals surface area contributed by atoms with Crippen molar-refractivity contribution in [3.63, 3.8) is 0 Å². The predicted octanol–water partition coefficient (Wildman–Crippen LogP) is 2.49. The highest BCUT2D eigenvalue weighted by Gasteiger charge is 2.18. The fourth-order valence-electron chi connectivity index (χ4n) is 2.34. The van der Waals surface area contributed by atoms with Crippen LogP contribution in [0.25, 0.3) is 0 Å². The Kier molecular flexibility index (Phi) is 5.54. The van der Waals surface area contributed by atoms with E-state index < -0.39 is 0 Å². The zero-order chi connectivity index (χ0) is 13.8. The summed E-state index contributed by atoms with van der Waals surface area (Å²) in [6.07, 6.45) is 6.06. The van der Waals surface area contributed by atoms with Crippen LogP contribution in [-0.4, -0.2) is 16.1 Å². The standard InChI is InChI=1S/C14H17N5O.HI/c15-14(18-13-7-3-4-8-16-13)17-9-11-10-5-1-2-6-12(10)20-19-11;/h3-4,7-8H,1-2,5-6,9H2,(H3,15,16,17,18);1H. The number of nitrogens with zero attached hydrogens (tertiary/aromatic N) is 3. The first kappa shape index (κ1) is 15.7. The number of pyridine rings is 1. The van der Waals surface area contributed by atoms with Crippen molar-refractivity contribution in [2.75, 3.05) is 5.32 Å². The van der Waals surface area contributed by atoms with E-state index in [1.807, 2.05) is 18.2 Å². The zero-order valence-corrected chi connectivity index (χ0v) is 13.9. The van der Waals surface area contributed by atoms with E-state index in [9.17, 15) is 0 Å². The number of guanidine groups is 1. The Bertz CT molecular complexity index is 611. The van der Waals surface area contributed by atoms with E-state index in [1.165, 1.54) is 18.4 Å². The summed E-state index contributed by atoms with van der Waals surface area (Å²) >= 11 is 0. The molecule has 112 valence electrons. The van der Waals surface area contributed by atoms with Crippen LogP contribution in [0.4, 0.5) is 5.82 Å². The third kappa shape index (κ3) is 3.93. The second-order valence-electron chi connectivity index (χ2n) is 4.78. The molecule has 6 nitrogen and oxygen atoms in total. The highest BCUT2D eigenvalue weighted by atomic mass is 127. The van der Waals surface area contributed by atoms with Crippen LogP contribution in [-0.2, 0) is 19.4 Å². The molecular weight excluding hydrogens is 381 g/mol. The van der Waals surface area contributed by atoms with Crippen molar-refractivity contribution in [3.05, 3.63) is 41.4 Å². The SMILES string of the molecule is I.NC(=NCc1noc2c1CCCC2)Nc1ccccn1. The third-order valence-electron chi connectivity index (χ3n) is 3.35. The number of rotatable bonds is 3. The lowest BCUT2D eigenvalue weighted by atomic mass is 9.96. The fourth-order valence-corrected chi connectivity index (χ4v) is 2.34. The quantitative estimate of drug-likeness (QED) is 0.470. The Hall–Kier alpha value is -1.64. The molecule has 0 bridgehead atoms. The van der Waals surface area contributed by atoms with E-state index in [4.69, 9.17) is 10.3 Å². The van der Waals surface area contributed by atoms with Gasteiger partial charge in [0.1, 0.15) is 17.3 Å². The van der Waals surface area contributed by atoms with E-state index in [2.05, 4.69) is 20.4 Å². The molecule has 0 radical (unpaired) electrons. The zero-order valence-electron chi connectivity index (χ0n) is 11.6. The van der Waals surface area contributed by atoms with Crippen LogP contribution in [0.3, 0.4) is 0 Å². The highest BCUT2D eigenvalue weighted by Crippen LogP contribution is 2.24. The van der Waals surface area contributed by atoms with Crippen molar-refractivity contribution in [1.82, 2.24) is 10.1 Å². The molecule has 0 spiro atoms. The molecule has 1 aliphatic rings. The largest absolute Gasteiger partial charge is 0.370 e. The molecule has 0 fully saturated rings.